The lowest BCUT2D eigenvalue weighted by Crippen LogP contribution is -2.16. The van der Waals surface area contributed by atoms with E-state index in [2.05, 4.69) is 61.5 Å². The van der Waals surface area contributed by atoms with Crippen molar-refractivity contribution in [3.8, 4) is 11.1 Å². The molecule has 1 atom stereocenters. The van der Waals surface area contributed by atoms with Crippen molar-refractivity contribution in [3.63, 3.8) is 0 Å². The monoisotopic (exact) mass is 305 g/mol. The van der Waals surface area contributed by atoms with Crippen LogP contribution in [0.1, 0.15) is 23.1 Å². The minimum atomic E-state index is -1.83. The highest BCUT2D eigenvalue weighted by Crippen LogP contribution is 2.43. The summed E-state index contributed by atoms with van der Waals surface area (Å²) in [5.74, 6) is 0. The van der Waals surface area contributed by atoms with E-state index in [1.165, 1.54) is 43.8 Å². The Hall–Kier alpha value is -1.57. The molecule has 2 heteroatoms. The van der Waals surface area contributed by atoms with Gasteiger partial charge in [0.15, 0.2) is 0 Å². The van der Waals surface area contributed by atoms with Crippen molar-refractivity contribution < 1.29 is 0 Å². The molecule has 0 N–H and O–H groups in total. The van der Waals surface area contributed by atoms with E-state index in [4.69, 9.17) is 11.1 Å². The summed E-state index contributed by atoms with van der Waals surface area (Å²) in [5.41, 5.74) is 8.29. The fourth-order valence-electron chi connectivity index (χ4n) is 3.85. The summed E-state index contributed by atoms with van der Waals surface area (Å²) in [6, 6.07) is 11.1. The first-order valence-electron chi connectivity index (χ1n) is 7.39. The van der Waals surface area contributed by atoms with Crippen molar-refractivity contribution in [1.82, 2.24) is 0 Å². The molecule has 0 fully saturated rings. The fourth-order valence-corrected chi connectivity index (χ4v) is 8.11. The first kappa shape index (κ1) is 12.0. The lowest BCUT2D eigenvalue weighted by Gasteiger charge is -2.06. The molecule has 0 saturated carbocycles. The number of hydrogen-bond acceptors (Lipinski definition) is 0. The molecule has 0 spiro atoms. The molecule has 1 radical (unpaired) electrons. The fraction of sp³-hybridized carbons (Fsp3) is 0.105. The summed E-state index contributed by atoms with van der Waals surface area (Å²) >= 11 is 6.92. The Labute approximate surface area is 130 Å². The molecule has 2 aromatic rings. The average Bonchev–Trinajstić information content (AvgIpc) is 2.93. The Morgan fingerprint density at radius 3 is 2.71 bits per heavy atom. The predicted octanol–water partition coefficient (Wildman–Crippen LogP) is 3.85. The molecule has 0 aromatic heterocycles. The second-order valence-corrected chi connectivity index (χ2v) is 11.5. The molecule has 101 valence electrons. The lowest BCUT2D eigenvalue weighted by atomic mass is 9.98. The molecule has 2 aliphatic carbocycles. The Kier molecular flexibility index (Phi) is 2.17. The van der Waals surface area contributed by atoms with Gasteiger partial charge in [0.2, 0.25) is 7.38 Å². The maximum Gasteiger partial charge on any atom is 0.215 e. The van der Waals surface area contributed by atoms with E-state index >= 15 is 0 Å². The van der Waals surface area contributed by atoms with Crippen molar-refractivity contribution in [1.29, 1.82) is 0 Å². The Bertz CT molecular complexity index is 871. The first-order chi connectivity index (χ1) is 10.2. The van der Waals surface area contributed by atoms with Gasteiger partial charge in [-0.25, -0.2) is 0 Å². The minimum Gasteiger partial charge on any atom is -0.155 e. The van der Waals surface area contributed by atoms with E-state index < -0.39 is 7.38 Å². The smallest absolute Gasteiger partial charge is 0.155 e. The van der Waals surface area contributed by atoms with Crippen LogP contribution in [0.4, 0.5) is 0 Å². The van der Waals surface area contributed by atoms with Crippen molar-refractivity contribution in [3.05, 3.63) is 71.7 Å². The van der Waals surface area contributed by atoms with Gasteiger partial charge < -0.3 is 0 Å². The molecular formula is C19H14ClSi. The summed E-state index contributed by atoms with van der Waals surface area (Å²) in [5, 5.41) is 2.95. The molecule has 3 aliphatic rings. The summed E-state index contributed by atoms with van der Waals surface area (Å²) in [4.78, 5) is 0. The van der Waals surface area contributed by atoms with Gasteiger partial charge in [-0.05, 0) is 62.8 Å². The van der Waals surface area contributed by atoms with E-state index in [1.54, 1.807) is 0 Å². The molecule has 0 saturated heterocycles. The molecular weight excluding hydrogens is 292 g/mol. The van der Waals surface area contributed by atoms with Gasteiger partial charge in [-0.3, -0.25) is 0 Å². The van der Waals surface area contributed by atoms with Gasteiger partial charge in [-0.2, -0.15) is 11.1 Å². The van der Waals surface area contributed by atoms with Gasteiger partial charge in [0, 0.05) is 6.42 Å². The topological polar surface area (TPSA) is 0 Å². The van der Waals surface area contributed by atoms with Crippen LogP contribution in [0.5, 0.6) is 0 Å². The third kappa shape index (κ3) is 1.46. The van der Waals surface area contributed by atoms with Gasteiger partial charge in [-0.15, -0.1) is 0 Å². The number of fused-ring (bicyclic) bond motifs is 5. The van der Waals surface area contributed by atoms with Crippen LogP contribution in [0, 0.1) is 6.42 Å². The number of benzene rings is 2. The molecule has 0 amide bonds. The number of halogens is 1. The molecule has 1 aliphatic heterocycles. The van der Waals surface area contributed by atoms with Crippen LogP contribution in [0.25, 0.3) is 16.7 Å². The van der Waals surface area contributed by atoms with E-state index in [-0.39, 0.29) is 0 Å². The summed E-state index contributed by atoms with van der Waals surface area (Å²) in [6.07, 6.45) is 9.99. The molecule has 2 aromatic carbocycles. The van der Waals surface area contributed by atoms with Crippen LogP contribution in [-0.2, 0) is 0 Å². The second-order valence-electron chi connectivity index (χ2n) is 6.19. The van der Waals surface area contributed by atoms with Crippen LogP contribution in [0.2, 0.25) is 6.55 Å². The highest BCUT2D eigenvalue weighted by molar-refractivity contribution is 7.44. The minimum absolute atomic E-state index is 1.04. The molecule has 0 nitrogen and oxygen atoms in total. The summed E-state index contributed by atoms with van der Waals surface area (Å²) in [7, 11) is -1.83. The van der Waals surface area contributed by atoms with Crippen LogP contribution >= 0.6 is 11.1 Å². The van der Waals surface area contributed by atoms with Crippen LogP contribution in [0.15, 0.2) is 48.6 Å². The average molecular weight is 306 g/mol. The van der Waals surface area contributed by atoms with E-state index in [0.717, 1.165) is 6.42 Å². The van der Waals surface area contributed by atoms with Crippen LogP contribution in [-0.4, -0.2) is 7.38 Å². The van der Waals surface area contributed by atoms with Gasteiger partial charge in [-0.1, -0.05) is 42.5 Å². The largest absolute Gasteiger partial charge is 0.215 e. The third-order valence-corrected chi connectivity index (χ3v) is 8.71. The SMILES string of the molecule is C[Si]1(Cl)c2c(C3=CC=CC3)cc3c(c21)[CH]c1ccccc1-3. The second kappa shape index (κ2) is 3.79. The predicted molar refractivity (Wildman–Crippen MR) is 92.9 cm³/mol. The van der Waals surface area contributed by atoms with E-state index in [0.29, 0.717) is 0 Å². The van der Waals surface area contributed by atoms with Crippen molar-refractivity contribution in [2.75, 3.05) is 0 Å². The zero-order valence-electron chi connectivity index (χ0n) is 11.8. The normalized spacial score (nSPS) is 23.6. The van der Waals surface area contributed by atoms with E-state index in [9.17, 15) is 0 Å². The molecule has 5 rings (SSSR count). The maximum absolute atomic E-state index is 6.92. The van der Waals surface area contributed by atoms with Crippen molar-refractivity contribution in [2.24, 2.45) is 0 Å². The molecule has 21 heavy (non-hydrogen) atoms. The van der Waals surface area contributed by atoms with Crippen molar-refractivity contribution in [2.45, 2.75) is 13.0 Å². The summed E-state index contributed by atoms with van der Waals surface area (Å²) < 4.78 is 0. The zero-order valence-corrected chi connectivity index (χ0v) is 13.5. The van der Waals surface area contributed by atoms with Gasteiger partial charge in [0.05, 0.1) is 0 Å². The van der Waals surface area contributed by atoms with Crippen LogP contribution < -0.4 is 10.4 Å². The Morgan fingerprint density at radius 1 is 1.05 bits per heavy atom. The molecule has 1 unspecified atom stereocenters. The highest BCUT2D eigenvalue weighted by Gasteiger charge is 2.53. The molecule has 0 bridgehead atoms. The lowest BCUT2D eigenvalue weighted by molar-refractivity contribution is 1.45. The zero-order chi connectivity index (χ0) is 14.2. The highest BCUT2D eigenvalue weighted by atomic mass is 35.6. The summed E-state index contributed by atoms with van der Waals surface area (Å²) in [6.45, 7) is 2.27. The standard InChI is InChI=1S/C19H14ClSi/c1-21(20)18-15(12-6-2-3-7-12)11-16-14-9-5-4-8-13(14)10-17(16)19(18)21/h2-6,8-11H,7H2,1H3. The Balaban J connectivity index is 1.79. The van der Waals surface area contributed by atoms with Gasteiger partial charge in [0.25, 0.3) is 0 Å². The number of allylic oxidation sites excluding steroid dienone is 4. The first-order valence-corrected chi connectivity index (χ1v) is 10.9. The number of hydrogen-bond donors (Lipinski definition) is 0. The van der Waals surface area contributed by atoms with Crippen LogP contribution in [0.3, 0.4) is 0 Å². The maximum atomic E-state index is 6.92. The Morgan fingerprint density at radius 2 is 1.90 bits per heavy atom. The van der Waals surface area contributed by atoms with Crippen molar-refractivity contribution >= 4 is 34.4 Å². The number of rotatable bonds is 1. The van der Waals surface area contributed by atoms with Gasteiger partial charge >= 0.3 is 0 Å². The third-order valence-electron chi connectivity index (χ3n) is 4.91. The molecule has 1 heterocycles. The quantitative estimate of drug-likeness (QED) is 0.473. The van der Waals surface area contributed by atoms with E-state index in [1.807, 2.05) is 0 Å². The van der Waals surface area contributed by atoms with Gasteiger partial charge in [0.1, 0.15) is 0 Å².